The molecular formula is C21H27NO5. The monoisotopic (exact) mass is 373 g/mol. The molecule has 0 saturated carbocycles. The zero-order valence-electron chi connectivity index (χ0n) is 16.3. The van der Waals surface area contributed by atoms with Crippen LogP contribution < -0.4 is 24.3 Å². The van der Waals surface area contributed by atoms with Gasteiger partial charge in [-0.1, -0.05) is 0 Å². The Labute approximate surface area is 160 Å². The van der Waals surface area contributed by atoms with Crippen molar-refractivity contribution in [3.05, 3.63) is 48.0 Å². The zero-order valence-corrected chi connectivity index (χ0v) is 16.3. The van der Waals surface area contributed by atoms with Crippen molar-refractivity contribution in [1.82, 2.24) is 5.32 Å². The van der Waals surface area contributed by atoms with Crippen molar-refractivity contribution in [3.8, 4) is 23.0 Å². The van der Waals surface area contributed by atoms with E-state index in [4.69, 9.17) is 18.9 Å². The van der Waals surface area contributed by atoms with Gasteiger partial charge in [0.15, 0.2) is 11.5 Å². The number of carbonyl (C=O) groups excluding carboxylic acids is 1. The van der Waals surface area contributed by atoms with E-state index in [1.54, 1.807) is 25.3 Å². The fraction of sp³-hybridized carbons (Fsp3) is 0.381. The largest absolute Gasteiger partial charge is 0.497 e. The maximum atomic E-state index is 12.5. The minimum Gasteiger partial charge on any atom is -0.497 e. The summed E-state index contributed by atoms with van der Waals surface area (Å²) in [6.07, 6.45) is 0. The zero-order chi connectivity index (χ0) is 19.6. The van der Waals surface area contributed by atoms with E-state index in [-0.39, 0.29) is 11.9 Å². The summed E-state index contributed by atoms with van der Waals surface area (Å²) in [6, 6.07) is 12.3. The number of methoxy groups -OCH3 is 1. The lowest BCUT2D eigenvalue weighted by molar-refractivity contribution is 0.0926. The molecule has 27 heavy (non-hydrogen) atoms. The third-order valence-electron chi connectivity index (χ3n) is 3.74. The summed E-state index contributed by atoms with van der Waals surface area (Å²) in [4.78, 5) is 12.5. The first-order valence-electron chi connectivity index (χ1n) is 9.04. The highest BCUT2D eigenvalue weighted by atomic mass is 16.5. The van der Waals surface area contributed by atoms with Gasteiger partial charge in [-0.25, -0.2) is 0 Å². The highest BCUT2D eigenvalue weighted by Crippen LogP contribution is 2.28. The molecule has 1 N–H and O–H groups in total. The quantitative estimate of drug-likeness (QED) is 0.688. The second-order valence-electron chi connectivity index (χ2n) is 5.89. The van der Waals surface area contributed by atoms with E-state index in [0.717, 1.165) is 11.5 Å². The second-order valence-corrected chi connectivity index (χ2v) is 5.89. The highest BCUT2D eigenvalue weighted by Gasteiger charge is 2.14. The van der Waals surface area contributed by atoms with Gasteiger partial charge in [-0.15, -0.1) is 0 Å². The SMILES string of the molecule is CCOc1ccc(C(=O)N[C@H](C)COc2ccc(OC)cc2)cc1OCC. The van der Waals surface area contributed by atoms with Crippen molar-refractivity contribution in [2.24, 2.45) is 0 Å². The van der Waals surface area contributed by atoms with Crippen LogP contribution in [0.3, 0.4) is 0 Å². The first-order valence-corrected chi connectivity index (χ1v) is 9.04. The van der Waals surface area contributed by atoms with Gasteiger partial charge in [0.05, 0.1) is 26.4 Å². The van der Waals surface area contributed by atoms with Gasteiger partial charge in [0.2, 0.25) is 0 Å². The van der Waals surface area contributed by atoms with E-state index in [9.17, 15) is 4.79 Å². The van der Waals surface area contributed by atoms with Crippen molar-refractivity contribution < 1.29 is 23.7 Å². The van der Waals surface area contributed by atoms with Crippen LogP contribution in [0, 0.1) is 0 Å². The first-order chi connectivity index (χ1) is 13.1. The van der Waals surface area contributed by atoms with Gasteiger partial charge >= 0.3 is 0 Å². The van der Waals surface area contributed by atoms with Crippen molar-refractivity contribution in [2.75, 3.05) is 26.9 Å². The molecule has 146 valence electrons. The maximum absolute atomic E-state index is 12.5. The van der Waals surface area contributed by atoms with E-state index in [0.29, 0.717) is 36.9 Å². The van der Waals surface area contributed by atoms with Crippen LogP contribution in [0.2, 0.25) is 0 Å². The average molecular weight is 373 g/mol. The molecule has 2 aromatic rings. The standard InChI is InChI=1S/C21H27NO5/c1-5-25-19-12-7-16(13-20(19)26-6-2)21(23)22-15(3)14-27-18-10-8-17(24-4)9-11-18/h7-13,15H,5-6,14H2,1-4H3,(H,22,23)/t15-/m1/s1. The molecule has 0 aliphatic heterocycles. The normalized spacial score (nSPS) is 11.4. The molecule has 2 aromatic carbocycles. The van der Waals surface area contributed by atoms with Gasteiger partial charge in [-0.3, -0.25) is 4.79 Å². The molecule has 0 aliphatic carbocycles. The van der Waals surface area contributed by atoms with E-state index in [1.807, 2.05) is 45.0 Å². The molecule has 0 radical (unpaired) electrons. The van der Waals surface area contributed by atoms with Gasteiger partial charge in [0, 0.05) is 5.56 Å². The van der Waals surface area contributed by atoms with Crippen LogP contribution in [0.1, 0.15) is 31.1 Å². The highest BCUT2D eigenvalue weighted by molar-refractivity contribution is 5.95. The third-order valence-corrected chi connectivity index (χ3v) is 3.74. The smallest absolute Gasteiger partial charge is 0.251 e. The number of amides is 1. The van der Waals surface area contributed by atoms with Gasteiger partial charge in [0.25, 0.3) is 5.91 Å². The van der Waals surface area contributed by atoms with Crippen LogP contribution in [0.4, 0.5) is 0 Å². The van der Waals surface area contributed by atoms with Gasteiger partial charge in [-0.2, -0.15) is 0 Å². The molecule has 0 aliphatic rings. The average Bonchev–Trinajstić information content (AvgIpc) is 2.68. The van der Waals surface area contributed by atoms with E-state index >= 15 is 0 Å². The van der Waals surface area contributed by atoms with Crippen LogP contribution in [-0.4, -0.2) is 38.9 Å². The summed E-state index contributed by atoms with van der Waals surface area (Å²) in [5, 5.41) is 2.92. The summed E-state index contributed by atoms with van der Waals surface area (Å²) in [5.41, 5.74) is 0.512. The lowest BCUT2D eigenvalue weighted by Gasteiger charge is -2.16. The Kier molecular flexibility index (Phi) is 7.79. The maximum Gasteiger partial charge on any atom is 0.251 e. The molecule has 0 heterocycles. The lowest BCUT2D eigenvalue weighted by Crippen LogP contribution is -2.36. The molecule has 0 spiro atoms. The van der Waals surface area contributed by atoms with Crippen LogP contribution >= 0.6 is 0 Å². The summed E-state index contributed by atoms with van der Waals surface area (Å²) in [5.74, 6) is 2.49. The Morgan fingerprint density at radius 3 is 2.19 bits per heavy atom. The van der Waals surface area contributed by atoms with Crippen LogP contribution in [-0.2, 0) is 0 Å². The van der Waals surface area contributed by atoms with Crippen molar-refractivity contribution in [2.45, 2.75) is 26.8 Å². The van der Waals surface area contributed by atoms with Crippen LogP contribution in [0.25, 0.3) is 0 Å². The predicted molar refractivity (Wildman–Crippen MR) is 104 cm³/mol. The van der Waals surface area contributed by atoms with Gasteiger partial charge < -0.3 is 24.3 Å². The minimum atomic E-state index is -0.190. The van der Waals surface area contributed by atoms with Crippen molar-refractivity contribution in [3.63, 3.8) is 0 Å². The Bertz CT molecular complexity index is 730. The second kappa shape index (κ2) is 10.3. The van der Waals surface area contributed by atoms with Crippen molar-refractivity contribution in [1.29, 1.82) is 0 Å². The fourth-order valence-electron chi connectivity index (χ4n) is 2.43. The number of carbonyl (C=O) groups is 1. The number of hydrogen-bond acceptors (Lipinski definition) is 5. The molecule has 0 unspecified atom stereocenters. The molecule has 0 aromatic heterocycles. The molecule has 6 heteroatoms. The summed E-state index contributed by atoms with van der Waals surface area (Å²) >= 11 is 0. The molecular weight excluding hydrogens is 346 g/mol. The first kappa shape index (κ1) is 20.4. The summed E-state index contributed by atoms with van der Waals surface area (Å²) in [6.45, 7) is 7.07. The van der Waals surface area contributed by atoms with Gasteiger partial charge in [0.1, 0.15) is 18.1 Å². The molecule has 0 fully saturated rings. The molecule has 2 rings (SSSR count). The molecule has 1 atom stereocenters. The molecule has 0 saturated heterocycles. The van der Waals surface area contributed by atoms with Crippen molar-refractivity contribution >= 4 is 5.91 Å². The number of hydrogen-bond donors (Lipinski definition) is 1. The number of nitrogens with one attached hydrogen (secondary N) is 1. The van der Waals surface area contributed by atoms with E-state index in [2.05, 4.69) is 5.32 Å². The number of benzene rings is 2. The minimum absolute atomic E-state index is 0.165. The third kappa shape index (κ3) is 6.09. The van der Waals surface area contributed by atoms with Gasteiger partial charge in [-0.05, 0) is 63.2 Å². The van der Waals surface area contributed by atoms with E-state index < -0.39 is 0 Å². The Morgan fingerprint density at radius 1 is 0.926 bits per heavy atom. The number of ether oxygens (including phenoxy) is 4. The number of rotatable bonds is 10. The molecule has 0 bridgehead atoms. The fourth-order valence-corrected chi connectivity index (χ4v) is 2.43. The summed E-state index contributed by atoms with van der Waals surface area (Å²) < 4.78 is 21.9. The lowest BCUT2D eigenvalue weighted by atomic mass is 10.1. The topological polar surface area (TPSA) is 66.0 Å². The molecule has 1 amide bonds. The predicted octanol–water partition coefficient (Wildman–Crippen LogP) is 3.69. The Hall–Kier alpha value is -2.89. The molecule has 6 nitrogen and oxygen atoms in total. The van der Waals surface area contributed by atoms with E-state index in [1.165, 1.54) is 0 Å². The van der Waals surface area contributed by atoms with Crippen LogP contribution in [0.5, 0.6) is 23.0 Å². The Morgan fingerprint density at radius 2 is 1.56 bits per heavy atom. The summed E-state index contributed by atoms with van der Waals surface area (Å²) in [7, 11) is 1.62. The Balaban J connectivity index is 1.93. The van der Waals surface area contributed by atoms with Crippen LogP contribution in [0.15, 0.2) is 42.5 Å².